The summed E-state index contributed by atoms with van der Waals surface area (Å²) >= 11 is 0. The zero-order chi connectivity index (χ0) is 17.8. The molecule has 0 aliphatic carbocycles. The van der Waals surface area contributed by atoms with E-state index in [2.05, 4.69) is 0 Å². The van der Waals surface area contributed by atoms with E-state index in [1.165, 1.54) is 4.90 Å². The molecule has 1 aliphatic rings. The Hall–Kier alpha value is -2.76. The molecule has 1 heterocycles. The molecule has 0 unspecified atom stereocenters. The van der Waals surface area contributed by atoms with Gasteiger partial charge in [-0.3, -0.25) is 9.59 Å². The van der Waals surface area contributed by atoms with Crippen molar-refractivity contribution in [1.29, 1.82) is 0 Å². The summed E-state index contributed by atoms with van der Waals surface area (Å²) in [5, 5.41) is 0. The maximum Gasteiger partial charge on any atom is 0.257 e. The van der Waals surface area contributed by atoms with E-state index in [0.29, 0.717) is 32.6 Å². The summed E-state index contributed by atoms with van der Waals surface area (Å²) in [6.45, 7) is 1.37. The molecule has 25 heavy (non-hydrogen) atoms. The van der Waals surface area contributed by atoms with Crippen LogP contribution < -0.4 is 0 Å². The fraction of sp³-hybridized carbons (Fsp3) is 0.263. The quantitative estimate of drug-likeness (QED) is 0.858. The first-order valence-corrected chi connectivity index (χ1v) is 8.10. The van der Waals surface area contributed by atoms with E-state index < -0.39 is 17.5 Å². The Kier molecular flexibility index (Phi) is 5.07. The van der Waals surface area contributed by atoms with Crippen LogP contribution in [0.5, 0.6) is 0 Å². The van der Waals surface area contributed by atoms with Crippen LogP contribution >= 0.6 is 0 Å². The molecule has 6 heteroatoms. The lowest BCUT2D eigenvalue weighted by molar-refractivity contribution is -0.131. The van der Waals surface area contributed by atoms with E-state index in [1.807, 2.05) is 30.3 Å². The molecule has 0 aromatic heterocycles. The Morgan fingerprint density at radius 1 is 0.880 bits per heavy atom. The Bertz CT molecular complexity index is 772. The van der Waals surface area contributed by atoms with Crippen molar-refractivity contribution in [2.24, 2.45) is 0 Å². The minimum atomic E-state index is -0.742. The molecule has 0 bridgehead atoms. The third kappa shape index (κ3) is 4.02. The van der Waals surface area contributed by atoms with Crippen molar-refractivity contribution in [3.05, 3.63) is 71.3 Å². The largest absolute Gasteiger partial charge is 0.339 e. The number of carbonyl (C=O) groups is 2. The zero-order valence-corrected chi connectivity index (χ0v) is 13.6. The number of amides is 2. The number of halogens is 2. The maximum atomic E-state index is 13.7. The van der Waals surface area contributed by atoms with Gasteiger partial charge in [0.25, 0.3) is 5.91 Å². The number of nitrogens with zero attached hydrogens (tertiary/aromatic N) is 2. The SMILES string of the molecule is O=C(Cc1ccccc1)N1CCN(C(=O)c2cc(F)ccc2F)CC1. The van der Waals surface area contributed by atoms with Gasteiger partial charge in [0.2, 0.25) is 5.91 Å². The molecule has 130 valence electrons. The van der Waals surface area contributed by atoms with Crippen LogP contribution in [0.25, 0.3) is 0 Å². The van der Waals surface area contributed by atoms with Crippen molar-refractivity contribution in [1.82, 2.24) is 9.80 Å². The zero-order valence-electron chi connectivity index (χ0n) is 13.6. The van der Waals surface area contributed by atoms with Crippen LogP contribution in [-0.2, 0) is 11.2 Å². The number of benzene rings is 2. The summed E-state index contributed by atoms with van der Waals surface area (Å²) in [5.74, 6) is -1.95. The molecule has 4 nitrogen and oxygen atoms in total. The summed E-state index contributed by atoms with van der Waals surface area (Å²) in [6.07, 6.45) is 0.313. The summed E-state index contributed by atoms with van der Waals surface area (Å²) in [6, 6.07) is 12.3. The second-order valence-electron chi connectivity index (χ2n) is 5.96. The molecule has 0 atom stereocenters. The average Bonchev–Trinajstić information content (AvgIpc) is 2.64. The number of piperazine rings is 1. The Labute approximate surface area is 144 Å². The molecule has 1 saturated heterocycles. The van der Waals surface area contributed by atoms with Gasteiger partial charge in [-0.25, -0.2) is 8.78 Å². The van der Waals surface area contributed by atoms with Gasteiger partial charge >= 0.3 is 0 Å². The minimum absolute atomic E-state index is 0.00441. The van der Waals surface area contributed by atoms with E-state index in [1.54, 1.807) is 4.90 Å². The lowest BCUT2D eigenvalue weighted by Crippen LogP contribution is -2.51. The van der Waals surface area contributed by atoms with Gasteiger partial charge in [-0.2, -0.15) is 0 Å². The van der Waals surface area contributed by atoms with Crippen LogP contribution in [0.15, 0.2) is 48.5 Å². The number of rotatable bonds is 3. The minimum Gasteiger partial charge on any atom is -0.339 e. The van der Waals surface area contributed by atoms with E-state index in [0.717, 1.165) is 23.8 Å². The first kappa shape index (κ1) is 17.1. The highest BCUT2D eigenvalue weighted by Gasteiger charge is 2.26. The van der Waals surface area contributed by atoms with Crippen molar-refractivity contribution >= 4 is 11.8 Å². The third-order valence-electron chi connectivity index (χ3n) is 4.28. The van der Waals surface area contributed by atoms with Gasteiger partial charge in [-0.1, -0.05) is 30.3 Å². The fourth-order valence-electron chi connectivity index (χ4n) is 2.87. The average molecular weight is 344 g/mol. The molecule has 1 fully saturated rings. The van der Waals surface area contributed by atoms with Crippen LogP contribution in [0.1, 0.15) is 15.9 Å². The van der Waals surface area contributed by atoms with Gasteiger partial charge in [-0.05, 0) is 23.8 Å². The smallest absolute Gasteiger partial charge is 0.257 e. The predicted molar refractivity (Wildman–Crippen MR) is 89.0 cm³/mol. The molecular formula is C19H18F2N2O2. The highest BCUT2D eigenvalue weighted by atomic mass is 19.1. The molecule has 2 aromatic carbocycles. The highest BCUT2D eigenvalue weighted by molar-refractivity contribution is 5.94. The van der Waals surface area contributed by atoms with Gasteiger partial charge in [0.1, 0.15) is 11.6 Å². The van der Waals surface area contributed by atoms with E-state index in [4.69, 9.17) is 0 Å². The Morgan fingerprint density at radius 2 is 1.52 bits per heavy atom. The topological polar surface area (TPSA) is 40.6 Å². The lowest BCUT2D eigenvalue weighted by atomic mass is 10.1. The molecule has 0 radical (unpaired) electrons. The van der Waals surface area contributed by atoms with Crippen molar-refractivity contribution < 1.29 is 18.4 Å². The predicted octanol–water partition coefficient (Wildman–Crippen LogP) is 2.49. The summed E-state index contributed by atoms with van der Waals surface area (Å²) in [5.41, 5.74) is 0.664. The normalized spacial score (nSPS) is 14.5. The fourth-order valence-corrected chi connectivity index (χ4v) is 2.87. The molecule has 2 aromatic rings. The van der Waals surface area contributed by atoms with Crippen molar-refractivity contribution in [3.63, 3.8) is 0 Å². The molecule has 3 rings (SSSR count). The van der Waals surface area contributed by atoms with Gasteiger partial charge in [0, 0.05) is 26.2 Å². The molecule has 2 amide bonds. The Balaban J connectivity index is 1.59. The summed E-state index contributed by atoms with van der Waals surface area (Å²) in [4.78, 5) is 27.8. The van der Waals surface area contributed by atoms with Gasteiger partial charge in [0.05, 0.1) is 12.0 Å². The van der Waals surface area contributed by atoms with Crippen LogP contribution in [0.3, 0.4) is 0 Å². The molecule has 1 aliphatic heterocycles. The highest BCUT2D eigenvalue weighted by Crippen LogP contribution is 2.15. The van der Waals surface area contributed by atoms with E-state index in [-0.39, 0.29) is 11.5 Å². The van der Waals surface area contributed by atoms with E-state index >= 15 is 0 Å². The number of hydrogen-bond acceptors (Lipinski definition) is 2. The van der Waals surface area contributed by atoms with Crippen LogP contribution in [0.2, 0.25) is 0 Å². The molecule has 0 spiro atoms. The van der Waals surface area contributed by atoms with Crippen LogP contribution in [0, 0.1) is 11.6 Å². The summed E-state index contributed by atoms with van der Waals surface area (Å²) < 4.78 is 27.0. The monoisotopic (exact) mass is 344 g/mol. The first-order chi connectivity index (χ1) is 12.0. The van der Waals surface area contributed by atoms with E-state index in [9.17, 15) is 18.4 Å². The first-order valence-electron chi connectivity index (χ1n) is 8.10. The maximum absolute atomic E-state index is 13.7. The second kappa shape index (κ2) is 7.42. The van der Waals surface area contributed by atoms with Gasteiger partial charge < -0.3 is 9.80 Å². The second-order valence-corrected chi connectivity index (χ2v) is 5.96. The van der Waals surface area contributed by atoms with Crippen LogP contribution in [-0.4, -0.2) is 47.8 Å². The number of hydrogen-bond donors (Lipinski definition) is 0. The van der Waals surface area contributed by atoms with Crippen molar-refractivity contribution in [3.8, 4) is 0 Å². The standard InChI is InChI=1S/C19H18F2N2O2/c20-15-6-7-17(21)16(13-15)19(25)23-10-8-22(9-11-23)18(24)12-14-4-2-1-3-5-14/h1-7,13H,8-12H2. The molecular weight excluding hydrogens is 326 g/mol. The number of carbonyl (C=O) groups excluding carboxylic acids is 2. The van der Waals surface area contributed by atoms with Crippen LogP contribution in [0.4, 0.5) is 8.78 Å². The van der Waals surface area contributed by atoms with Crippen molar-refractivity contribution in [2.75, 3.05) is 26.2 Å². The molecule has 0 N–H and O–H groups in total. The Morgan fingerprint density at radius 3 is 2.20 bits per heavy atom. The van der Waals surface area contributed by atoms with Gasteiger partial charge in [0.15, 0.2) is 0 Å². The van der Waals surface area contributed by atoms with Crippen molar-refractivity contribution in [2.45, 2.75) is 6.42 Å². The lowest BCUT2D eigenvalue weighted by Gasteiger charge is -2.35. The van der Waals surface area contributed by atoms with Gasteiger partial charge in [-0.15, -0.1) is 0 Å². The molecule has 0 saturated carbocycles. The third-order valence-corrected chi connectivity index (χ3v) is 4.28. The summed E-state index contributed by atoms with van der Waals surface area (Å²) in [7, 11) is 0.